The number of nitrogens with one attached hydrogen (secondary N) is 1. The molecule has 0 aliphatic heterocycles. The molecular formula is C21H20N2O4S. The van der Waals surface area contributed by atoms with Crippen LogP contribution in [0.15, 0.2) is 60.7 Å². The number of aromatic nitrogens is 1. The molecule has 28 heavy (non-hydrogen) atoms. The lowest BCUT2D eigenvalue weighted by atomic mass is 10.1. The molecule has 0 unspecified atom stereocenters. The molecule has 0 saturated heterocycles. The summed E-state index contributed by atoms with van der Waals surface area (Å²) >= 11 is 1.27. The maximum Gasteiger partial charge on any atom is 0.310 e. The smallest absolute Gasteiger partial charge is 0.310 e. The van der Waals surface area contributed by atoms with E-state index in [1.54, 1.807) is 0 Å². The molecule has 0 atom stereocenters. The van der Waals surface area contributed by atoms with E-state index in [1.165, 1.54) is 18.4 Å². The predicted octanol–water partition coefficient (Wildman–Crippen LogP) is 3.93. The molecule has 1 heterocycles. The first kappa shape index (κ1) is 19.6. The van der Waals surface area contributed by atoms with Gasteiger partial charge in [-0.15, -0.1) is 11.3 Å². The van der Waals surface area contributed by atoms with Crippen molar-refractivity contribution >= 4 is 28.3 Å². The third kappa shape index (κ3) is 5.40. The lowest BCUT2D eigenvalue weighted by Gasteiger charge is -2.05. The van der Waals surface area contributed by atoms with E-state index in [0.717, 1.165) is 16.2 Å². The Morgan fingerprint density at radius 1 is 1.04 bits per heavy atom. The number of carbonyl (C=O) groups is 2. The summed E-state index contributed by atoms with van der Waals surface area (Å²) < 4.78 is 10.3. The molecule has 0 aliphatic rings. The average Bonchev–Trinajstić information content (AvgIpc) is 3.11. The molecule has 1 amide bonds. The van der Waals surface area contributed by atoms with E-state index in [4.69, 9.17) is 9.47 Å². The zero-order chi connectivity index (χ0) is 19.8. The van der Waals surface area contributed by atoms with Crippen LogP contribution in [0.1, 0.15) is 11.3 Å². The van der Waals surface area contributed by atoms with Crippen LogP contribution >= 0.6 is 11.3 Å². The summed E-state index contributed by atoms with van der Waals surface area (Å²) in [7, 11) is 1.35. The fourth-order valence-electron chi connectivity index (χ4n) is 2.51. The number of ether oxygens (including phenoxy) is 2. The van der Waals surface area contributed by atoms with Gasteiger partial charge in [0.15, 0.2) is 5.13 Å². The number of nitrogens with zero attached hydrogens (tertiary/aromatic N) is 1. The standard InChI is InChI=1S/C21H20N2O4S/c1-26-19(25)14-17-20(15-8-4-2-5-9-15)23-21(28-17)22-18(24)12-13-27-16-10-6-3-7-11-16/h2-11H,12-14H2,1H3,(H,22,23,24). The molecule has 3 aromatic rings. The van der Waals surface area contributed by atoms with Gasteiger partial charge >= 0.3 is 5.97 Å². The number of anilines is 1. The molecule has 0 radical (unpaired) electrons. The van der Waals surface area contributed by atoms with Gasteiger partial charge in [0.2, 0.25) is 5.91 Å². The van der Waals surface area contributed by atoms with Gasteiger partial charge in [0.1, 0.15) is 5.75 Å². The first-order valence-electron chi connectivity index (χ1n) is 8.75. The van der Waals surface area contributed by atoms with Crippen molar-refractivity contribution < 1.29 is 19.1 Å². The van der Waals surface area contributed by atoms with E-state index in [9.17, 15) is 9.59 Å². The lowest BCUT2D eigenvalue weighted by molar-refractivity contribution is -0.139. The van der Waals surface area contributed by atoms with Gasteiger partial charge in [-0.05, 0) is 12.1 Å². The largest absolute Gasteiger partial charge is 0.493 e. The normalized spacial score (nSPS) is 10.3. The Morgan fingerprint density at radius 2 is 1.71 bits per heavy atom. The molecule has 144 valence electrons. The van der Waals surface area contributed by atoms with Gasteiger partial charge in [-0.2, -0.15) is 0 Å². The fraction of sp³-hybridized carbons (Fsp3) is 0.190. The second kappa shape index (κ2) is 9.66. The van der Waals surface area contributed by atoms with Crippen molar-refractivity contribution in [2.45, 2.75) is 12.8 Å². The molecule has 0 fully saturated rings. The maximum atomic E-state index is 12.2. The number of esters is 1. The summed E-state index contributed by atoms with van der Waals surface area (Å²) in [6.45, 7) is 0.266. The van der Waals surface area contributed by atoms with E-state index in [1.807, 2.05) is 60.7 Å². The summed E-state index contributed by atoms with van der Waals surface area (Å²) in [5.74, 6) is 0.167. The minimum Gasteiger partial charge on any atom is -0.493 e. The third-order valence-electron chi connectivity index (χ3n) is 3.86. The molecule has 0 saturated carbocycles. The van der Waals surface area contributed by atoms with Crippen LogP contribution < -0.4 is 10.1 Å². The second-order valence-corrected chi connectivity index (χ2v) is 6.95. The lowest BCUT2D eigenvalue weighted by Crippen LogP contribution is -2.15. The number of benzene rings is 2. The molecule has 0 spiro atoms. The van der Waals surface area contributed by atoms with Crippen LogP contribution in [-0.2, 0) is 20.7 Å². The topological polar surface area (TPSA) is 77.5 Å². The highest BCUT2D eigenvalue weighted by molar-refractivity contribution is 7.16. The minimum atomic E-state index is -0.352. The van der Waals surface area contributed by atoms with Gasteiger partial charge in [-0.3, -0.25) is 9.59 Å². The number of hydrogen-bond acceptors (Lipinski definition) is 6. The summed E-state index contributed by atoms with van der Waals surface area (Å²) in [5.41, 5.74) is 1.55. The minimum absolute atomic E-state index is 0.103. The summed E-state index contributed by atoms with van der Waals surface area (Å²) in [5, 5.41) is 3.23. The highest BCUT2D eigenvalue weighted by Crippen LogP contribution is 2.31. The number of amides is 1. The monoisotopic (exact) mass is 396 g/mol. The van der Waals surface area contributed by atoms with Crippen LogP contribution in [0.2, 0.25) is 0 Å². The van der Waals surface area contributed by atoms with Crippen LogP contribution in [0.3, 0.4) is 0 Å². The van der Waals surface area contributed by atoms with E-state index < -0.39 is 0 Å². The van der Waals surface area contributed by atoms with Gasteiger partial charge in [0.05, 0.1) is 32.3 Å². The molecule has 1 N–H and O–H groups in total. The average molecular weight is 396 g/mol. The van der Waals surface area contributed by atoms with Crippen molar-refractivity contribution in [3.63, 3.8) is 0 Å². The Hall–Kier alpha value is -3.19. The molecule has 0 bridgehead atoms. The van der Waals surface area contributed by atoms with Crippen molar-refractivity contribution in [3.05, 3.63) is 65.5 Å². The Kier molecular flexibility index (Phi) is 6.75. The molecule has 7 heteroatoms. The van der Waals surface area contributed by atoms with Gasteiger partial charge in [-0.25, -0.2) is 4.98 Å². The van der Waals surface area contributed by atoms with Crippen molar-refractivity contribution in [2.75, 3.05) is 19.0 Å². The molecule has 0 aliphatic carbocycles. The van der Waals surface area contributed by atoms with Gasteiger partial charge in [0.25, 0.3) is 0 Å². The van der Waals surface area contributed by atoms with Crippen LogP contribution in [-0.4, -0.2) is 30.6 Å². The Bertz CT molecular complexity index is 926. The van der Waals surface area contributed by atoms with Crippen molar-refractivity contribution in [2.24, 2.45) is 0 Å². The number of carbonyl (C=O) groups excluding carboxylic acids is 2. The maximum absolute atomic E-state index is 12.2. The second-order valence-electron chi connectivity index (χ2n) is 5.87. The zero-order valence-corrected chi connectivity index (χ0v) is 16.2. The number of hydrogen-bond donors (Lipinski definition) is 1. The van der Waals surface area contributed by atoms with Crippen molar-refractivity contribution in [3.8, 4) is 17.0 Å². The molecule has 3 rings (SSSR count). The molecule has 1 aromatic heterocycles. The quantitative estimate of drug-likeness (QED) is 0.584. The van der Waals surface area contributed by atoms with Crippen molar-refractivity contribution in [1.82, 2.24) is 4.98 Å². The van der Waals surface area contributed by atoms with Crippen LogP contribution in [0.25, 0.3) is 11.3 Å². The first-order valence-corrected chi connectivity index (χ1v) is 9.57. The Balaban J connectivity index is 1.66. The molecule has 2 aromatic carbocycles. The summed E-state index contributed by atoms with van der Waals surface area (Å²) in [6.07, 6.45) is 0.298. The highest BCUT2D eigenvalue weighted by atomic mass is 32.1. The van der Waals surface area contributed by atoms with E-state index in [-0.39, 0.29) is 31.3 Å². The van der Waals surface area contributed by atoms with Gasteiger partial charge in [-0.1, -0.05) is 48.5 Å². The summed E-state index contributed by atoms with van der Waals surface area (Å²) in [4.78, 5) is 29.2. The fourth-order valence-corrected chi connectivity index (χ4v) is 3.50. The Morgan fingerprint density at radius 3 is 2.39 bits per heavy atom. The Labute approximate surface area is 167 Å². The van der Waals surface area contributed by atoms with Crippen LogP contribution in [0.4, 0.5) is 5.13 Å². The van der Waals surface area contributed by atoms with Gasteiger partial charge in [0, 0.05) is 10.4 Å². The van der Waals surface area contributed by atoms with Crippen molar-refractivity contribution in [1.29, 1.82) is 0 Å². The van der Waals surface area contributed by atoms with Crippen LogP contribution in [0.5, 0.6) is 5.75 Å². The van der Waals surface area contributed by atoms with Gasteiger partial charge < -0.3 is 14.8 Å². The zero-order valence-electron chi connectivity index (χ0n) is 15.4. The SMILES string of the molecule is COC(=O)Cc1sc(NC(=O)CCOc2ccccc2)nc1-c1ccccc1. The number of para-hydroxylation sites is 1. The highest BCUT2D eigenvalue weighted by Gasteiger charge is 2.17. The number of methoxy groups -OCH3 is 1. The number of thiazole rings is 1. The molecular weight excluding hydrogens is 376 g/mol. The number of rotatable bonds is 8. The van der Waals surface area contributed by atoms with E-state index >= 15 is 0 Å². The van der Waals surface area contributed by atoms with E-state index in [0.29, 0.717) is 10.8 Å². The third-order valence-corrected chi connectivity index (χ3v) is 4.84. The van der Waals surface area contributed by atoms with E-state index in [2.05, 4.69) is 10.3 Å². The summed E-state index contributed by atoms with van der Waals surface area (Å²) in [6, 6.07) is 18.9. The molecule has 6 nitrogen and oxygen atoms in total. The predicted molar refractivity (Wildman–Crippen MR) is 108 cm³/mol. The first-order chi connectivity index (χ1) is 13.7. The van der Waals surface area contributed by atoms with Crippen LogP contribution in [0, 0.1) is 0 Å².